The minimum absolute atomic E-state index is 0.362. The van der Waals surface area contributed by atoms with Crippen molar-refractivity contribution >= 4 is 28.6 Å². The Morgan fingerprint density at radius 3 is 2.94 bits per heavy atom. The van der Waals surface area contributed by atoms with Crippen molar-refractivity contribution < 1.29 is 0 Å². The van der Waals surface area contributed by atoms with Gasteiger partial charge in [0, 0.05) is 23.8 Å². The summed E-state index contributed by atoms with van der Waals surface area (Å²) in [5.74, 6) is 0.453. The Labute approximate surface area is 111 Å². The van der Waals surface area contributed by atoms with E-state index in [1.54, 1.807) is 11.3 Å². The van der Waals surface area contributed by atoms with Crippen LogP contribution in [-0.4, -0.2) is 12.0 Å². The van der Waals surface area contributed by atoms with Crippen LogP contribution < -0.4 is 4.90 Å². The highest BCUT2D eigenvalue weighted by atomic mass is 35.5. The molecule has 2 rings (SSSR count). The minimum Gasteiger partial charge on any atom is -0.367 e. The van der Waals surface area contributed by atoms with Crippen LogP contribution in [0.4, 0.5) is 5.69 Å². The van der Waals surface area contributed by atoms with Crippen molar-refractivity contribution in [3.8, 4) is 0 Å². The van der Waals surface area contributed by atoms with E-state index in [9.17, 15) is 0 Å². The zero-order valence-corrected chi connectivity index (χ0v) is 11.5. The smallest absolute Gasteiger partial charge is 0.0648 e. The molecule has 17 heavy (non-hydrogen) atoms. The van der Waals surface area contributed by atoms with Crippen LogP contribution >= 0.6 is 22.9 Å². The molecule has 90 valence electrons. The van der Waals surface area contributed by atoms with Gasteiger partial charge in [-0.25, -0.2) is 0 Å². The molecule has 2 nitrogen and oxygen atoms in total. The maximum atomic E-state index is 5.80. The fourth-order valence-electron chi connectivity index (χ4n) is 1.70. The predicted molar refractivity (Wildman–Crippen MR) is 74.9 cm³/mol. The third-order valence-electron chi connectivity index (χ3n) is 2.88. The normalized spacial score (nSPS) is 12.4. The molecule has 4 heteroatoms. The van der Waals surface area contributed by atoms with Gasteiger partial charge >= 0.3 is 0 Å². The fourth-order valence-corrected chi connectivity index (χ4v) is 2.67. The van der Waals surface area contributed by atoms with Gasteiger partial charge in [0.15, 0.2) is 0 Å². The summed E-state index contributed by atoms with van der Waals surface area (Å²) < 4.78 is 0. The summed E-state index contributed by atoms with van der Waals surface area (Å²) in [6, 6.07) is 8.66. The van der Waals surface area contributed by atoms with E-state index in [4.69, 9.17) is 11.6 Å². The lowest BCUT2D eigenvalue weighted by atomic mass is 10.2. The number of rotatable bonds is 4. The van der Waals surface area contributed by atoms with Gasteiger partial charge in [-0.1, -0.05) is 6.07 Å². The molecule has 0 aliphatic carbocycles. The van der Waals surface area contributed by atoms with Crippen molar-refractivity contribution in [3.63, 3.8) is 0 Å². The number of halogens is 1. The molecule has 0 radical (unpaired) electrons. The number of hydrogen-bond acceptors (Lipinski definition) is 3. The molecule has 0 saturated heterocycles. The number of aromatic nitrogens is 1. The molecule has 0 amide bonds. The van der Waals surface area contributed by atoms with E-state index in [-0.39, 0.29) is 0 Å². The minimum atomic E-state index is 0.362. The number of thiophene rings is 1. The van der Waals surface area contributed by atoms with Crippen molar-refractivity contribution in [3.05, 3.63) is 46.4 Å². The van der Waals surface area contributed by atoms with Gasteiger partial charge in [-0.15, -0.1) is 22.9 Å². The van der Waals surface area contributed by atoms with Crippen LogP contribution in [0.25, 0.3) is 0 Å². The molecule has 0 bridgehead atoms. The molecule has 2 aromatic heterocycles. The maximum absolute atomic E-state index is 5.80. The number of alkyl halides is 1. The highest BCUT2D eigenvalue weighted by Crippen LogP contribution is 2.28. The zero-order valence-electron chi connectivity index (χ0n) is 9.93. The molecule has 2 aromatic rings. The average molecular weight is 267 g/mol. The monoisotopic (exact) mass is 266 g/mol. The molecule has 0 aliphatic rings. The van der Waals surface area contributed by atoms with Gasteiger partial charge in [-0.3, -0.25) is 4.98 Å². The van der Waals surface area contributed by atoms with Gasteiger partial charge < -0.3 is 4.90 Å². The molecule has 0 aromatic carbocycles. The number of hydrogen-bond donors (Lipinski definition) is 0. The van der Waals surface area contributed by atoms with Crippen molar-refractivity contribution in [1.82, 2.24) is 4.98 Å². The lowest BCUT2D eigenvalue weighted by Gasteiger charge is -2.26. The van der Waals surface area contributed by atoms with E-state index in [2.05, 4.69) is 41.4 Å². The second-order valence-electron chi connectivity index (χ2n) is 3.94. The summed E-state index contributed by atoms with van der Waals surface area (Å²) in [4.78, 5) is 7.80. The molecule has 0 N–H and O–H groups in total. The van der Waals surface area contributed by atoms with Gasteiger partial charge in [-0.2, -0.15) is 0 Å². The van der Waals surface area contributed by atoms with Gasteiger partial charge in [0.2, 0.25) is 0 Å². The Morgan fingerprint density at radius 2 is 2.29 bits per heavy atom. The topological polar surface area (TPSA) is 16.1 Å². The Bertz CT molecular complexity index is 470. The lowest BCUT2D eigenvalue weighted by Crippen LogP contribution is -2.20. The summed E-state index contributed by atoms with van der Waals surface area (Å²) in [5, 5.41) is 2.11. The average Bonchev–Trinajstić information content (AvgIpc) is 2.91. The standard InChI is InChI=1S/C13H15ClN2S/c1-10(13-4-3-7-17-13)16(2)12-5-6-15-11(8-12)9-14/h3-8,10H,9H2,1-2H3. The van der Waals surface area contributed by atoms with Crippen LogP contribution in [0, 0.1) is 0 Å². The van der Waals surface area contributed by atoms with Crippen molar-refractivity contribution in [2.45, 2.75) is 18.8 Å². The van der Waals surface area contributed by atoms with Crippen LogP contribution in [0.2, 0.25) is 0 Å². The summed E-state index contributed by atoms with van der Waals surface area (Å²) >= 11 is 7.58. The second kappa shape index (κ2) is 5.52. The zero-order chi connectivity index (χ0) is 12.3. The van der Waals surface area contributed by atoms with Crippen LogP contribution in [0.15, 0.2) is 35.8 Å². The molecule has 0 spiro atoms. The Kier molecular flexibility index (Phi) is 4.02. The van der Waals surface area contributed by atoms with E-state index in [1.807, 2.05) is 18.3 Å². The number of pyridine rings is 1. The highest BCUT2D eigenvalue weighted by molar-refractivity contribution is 7.10. The summed E-state index contributed by atoms with van der Waals surface area (Å²) in [5.41, 5.74) is 2.06. The van der Waals surface area contributed by atoms with E-state index in [0.29, 0.717) is 11.9 Å². The Morgan fingerprint density at radius 1 is 1.47 bits per heavy atom. The molecule has 0 saturated carbocycles. The third kappa shape index (κ3) is 2.79. The van der Waals surface area contributed by atoms with Gasteiger partial charge in [0.25, 0.3) is 0 Å². The molecule has 1 atom stereocenters. The van der Waals surface area contributed by atoms with Crippen LogP contribution in [0.1, 0.15) is 23.5 Å². The van der Waals surface area contributed by atoms with Crippen molar-refractivity contribution in [2.24, 2.45) is 0 Å². The lowest BCUT2D eigenvalue weighted by molar-refractivity contribution is 0.752. The first-order valence-electron chi connectivity index (χ1n) is 5.49. The quantitative estimate of drug-likeness (QED) is 0.776. The summed E-state index contributed by atoms with van der Waals surface area (Å²) in [6.45, 7) is 2.20. The predicted octanol–water partition coefficient (Wildman–Crippen LogP) is 4.08. The van der Waals surface area contributed by atoms with E-state index < -0.39 is 0 Å². The van der Waals surface area contributed by atoms with Gasteiger partial charge in [-0.05, 0) is 30.5 Å². The van der Waals surface area contributed by atoms with E-state index in [0.717, 1.165) is 11.4 Å². The van der Waals surface area contributed by atoms with Crippen LogP contribution in [0.5, 0.6) is 0 Å². The number of anilines is 1. The SMILES string of the molecule is CC(c1cccs1)N(C)c1ccnc(CCl)c1. The highest BCUT2D eigenvalue weighted by Gasteiger charge is 2.13. The first kappa shape index (κ1) is 12.4. The molecule has 0 fully saturated rings. The Balaban J connectivity index is 2.21. The second-order valence-corrected chi connectivity index (χ2v) is 5.19. The molecular formula is C13H15ClN2S. The maximum Gasteiger partial charge on any atom is 0.0648 e. The molecule has 1 unspecified atom stereocenters. The van der Waals surface area contributed by atoms with E-state index >= 15 is 0 Å². The molecule has 0 aliphatic heterocycles. The summed E-state index contributed by atoms with van der Waals surface area (Å²) in [7, 11) is 2.09. The van der Waals surface area contributed by atoms with Crippen molar-refractivity contribution in [1.29, 1.82) is 0 Å². The largest absolute Gasteiger partial charge is 0.367 e. The molecule has 2 heterocycles. The molecular weight excluding hydrogens is 252 g/mol. The van der Waals surface area contributed by atoms with Gasteiger partial charge in [0.1, 0.15) is 0 Å². The van der Waals surface area contributed by atoms with E-state index in [1.165, 1.54) is 4.88 Å². The Hall–Kier alpha value is -1.06. The number of nitrogens with zero attached hydrogens (tertiary/aromatic N) is 2. The van der Waals surface area contributed by atoms with Crippen molar-refractivity contribution in [2.75, 3.05) is 11.9 Å². The van der Waals surface area contributed by atoms with Crippen LogP contribution in [0.3, 0.4) is 0 Å². The fraction of sp³-hybridized carbons (Fsp3) is 0.308. The van der Waals surface area contributed by atoms with Gasteiger partial charge in [0.05, 0.1) is 17.6 Å². The first-order valence-corrected chi connectivity index (χ1v) is 6.91. The third-order valence-corrected chi connectivity index (χ3v) is 4.20. The van der Waals surface area contributed by atoms with Crippen LogP contribution in [-0.2, 0) is 5.88 Å². The first-order chi connectivity index (χ1) is 8.22. The summed E-state index contributed by atoms with van der Waals surface area (Å²) in [6.07, 6.45) is 1.81.